The minimum atomic E-state index is 0.611. The number of methoxy groups -OCH3 is 1. The molecule has 0 unspecified atom stereocenters. The van der Waals surface area contributed by atoms with E-state index in [1.165, 1.54) is 0 Å². The zero-order chi connectivity index (χ0) is 12.4. The van der Waals surface area contributed by atoms with Crippen molar-refractivity contribution in [1.29, 1.82) is 0 Å². The summed E-state index contributed by atoms with van der Waals surface area (Å²) in [4.78, 5) is 0. The van der Waals surface area contributed by atoms with Gasteiger partial charge >= 0.3 is 0 Å². The van der Waals surface area contributed by atoms with E-state index in [1.54, 1.807) is 7.11 Å². The largest absolute Gasteiger partial charge is 0.495 e. The van der Waals surface area contributed by atoms with Crippen LogP contribution in [0, 0.1) is 6.92 Å². The second-order valence-corrected chi connectivity index (χ2v) is 4.33. The van der Waals surface area contributed by atoms with Crippen LogP contribution < -0.4 is 10.5 Å². The lowest BCUT2D eigenvalue weighted by atomic mass is 10.0. The molecule has 0 heterocycles. The van der Waals surface area contributed by atoms with Crippen molar-refractivity contribution in [3.8, 4) is 16.9 Å². The Morgan fingerprint density at radius 2 is 1.71 bits per heavy atom. The van der Waals surface area contributed by atoms with E-state index in [-0.39, 0.29) is 0 Å². The topological polar surface area (TPSA) is 35.2 Å². The summed E-state index contributed by atoms with van der Waals surface area (Å²) >= 11 is 6.10. The maximum atomic E-state index is 6.10. The SMILES string of the molecule is COc1ccc(-c2ccc(N)c(C)c2)cc1Cl. The molecule has 2 rings (SSSR count). The number of aryl methyl sites for hydroxylation is 1. The van der Waals surface area contributed by atoms with Crippen molar-refractivity contribution in [3.63, 3.8) is 0 Å². The molecule has 0 saturated carbocycles. The standard InChI is InChI=1S/C14H14ClNO/c1-9-7-10(3-5-13(9)16)11-4-6-14(17-2)12(15)8-11/h3-8H,16H2,1-2H3. The summed E-state index contributed by atoms with van der Waals surface area (Å²) < 4.78 is 5.13. The third-order valence-corrected chi connectivity index (χ3v) is 3.05. The van der Waals surface area contributed by atoms with E-state index in [2.05, 4.69) is 0 Å². The minimum absolute atomic E-state index is 0.611. The number of halogens is 1. The number of nitrogen functional groups attached to an aromatic ring is 1. The summed E-state index contributed by atoms with van der Waals surface area (Å²) in [5.74, 6) is 0.683. The van der Waals surface area contributed by atoms with Gasteiger partial charge in [0.1, 0.15) is 5.75 Å². The number of benzene rings is 2. The minimum Gasteiger partial charge on any atom is -0.495 e. The molecule has 0 aliphatic rings. The van der Waals surface area contributed by atoms with Gasteiger partial charge in [0.2, 0.25) is 0 Å². The van der Waals surface area contributed by atoms with E-state index < -0.39 is 0 Å². The zero-order valence-electron chi connectivity index (χ0n) is 9.83. The lowest BCUT2D eigenvalue weighted by Crippen LogP contribution is -1.90. The van der Waals surface area contributed by atoms with E-state index >= 15 is 0 Å². The van der Waals surface area contributed by atoms with Gasteiger partial charge in [0, 0.05) is 5.69 Å². The van der Waals surface area contributed by atoms with Crippen LogP contribution in [0.4, 0.5) is 5.69 Å². The molecule has 0 radical (unpaired) electrons. The maximum absolute atomic E-state index is 6.10. The van der Waals surface area contributed by atoms with Crippen LogP contribution in [-0.4, -0.2) is 7.11 Å². The third kappa shape index (κ3) is 2.37. The van der Waals surface area contributed by atoms with Crippen LogP contribution in [0.2, 0.25) is 5.02 Å². The number of rotatable bonds is 2. The molecule has 0 atom stereocenters. The monoisotopic (exact) mass is 247 g/mol. The predicted octanol–water partition coefficient (Wildman–Crippen LogP) is 3.91. The fourth-order valence-corrected chi connectivity index (χ4v) is 1.96. The molecule has 0 saturated heterocycles. The molecule has 0 aromatic heterocycles. The summed E-state index contributed by atoms with van der Waals surface area (Å²) in [5, 5.41) is 0.611. The normalized spacial score (nSPS) is 10.3. The summed E-state index contributed by atoms with van der Waals surface area (Å²) in [6.45, 7) is 1.99. The summed E-state index contributed by atoms with van der Waals surface area (Å²) in [7, 11) is 1.61. The van der Waals surface area contributed by atoms with E-state index in [0.29, 0.717) is 10.8 Å². The maximum Gasteiger partial charge on any atom is 0.137 e. The molecule has 2 N–H and O–H groups in total. The Balaban J connectivity index is 2.46. The molecular weight excluding hydrogens is 234 g/mol. The van der Waals surface area contributed by atoms with Gasteiger partial charge in [-0.2, -0.15) is 0 Å². The van der Waals surface area contributed by atoms with Crippen LogP contribution in [0.25, 0.3) is 11.1 Å². The highest BCUT2D eigenvalue weighted by molar-refractivity contribution is 6.32. The second kappa shape index (κ2) is 4.68. The van der Waals surface area contributed by atoms with E-state index in [1.807, 2.05) is 43.3 Å². The Morgan fingerprint density at radius 3 is 2.29 bits per heavy atom. The van der Waals surface area contributed by atoms with Gasteiger partial charge in [0.15, 0.2) is 0 Å². The molecule has 0 amide bonds. The number of ether oxygens (including phenoxy) is 1. The van der Waals surface area contributed by atoms with Gasteiger partial charge in [-0.25, -0.2) is 0 Å². The molecule has 17 heavy (non-hydrogen) atoms. The Hall–Kier alpha value is -1.67. The van der Waals surface area contributed by atoms with Crippen molar-refractivity contribution in [2.45, 2.75) is 6.92 Å². The van der Waals surface area contributed by atoms with Crippen LogP contribution >= 0.6 is 11.6 Å². The Bertz CT molecular complexity index is 552. The molecule has 0 spiro atoms. The number of nitrogens with two attached hydrogens (primary N) is 1. The van der Waals surface area contributed by atoms with Crippen molar-refractivity contribution >= 4 is 17.3 Å². The Morgan fingerprint density at radius 1 is 1.06 bits per heavy atom. The van der Waals surface area contributed by atoms with Crippen molar-refractivity contribution in [3.05, 3.63) is 47.0 Å². The summed E-state index contributed by atoms with van der Waals surface area (Å²) in [6.07, 6.45) is 0. The molecular formula is C14H14ClNO. The van der Waals surface area contributed by atoms with Gasteiger partial charge in [0.25, 0.3) is 0 Å². The second-order valence-electron chi connectivity index (χ2n) is 3.92. The summed E-state index contributed by atoms with van der Waals surface area (Å²) in [5.41, 5.74) is 9.81. The van der Waals surface area contributed by atoms with Gasteiger partial charge in [-0.1, -0.05) is 23.7 Å². The highest BCUT2D eigenvalue weighted by atomic mass is 35.5. The molecule has 2 nitrogen and oxygen atoms in total. The van der Waals surface area contributed by atoms with Crippen LogP contribution in [0.1, 0.15) is 5.56 Å². The lowest BCUT2D eigenvalue weighted by Gasteiger charge is -2.08. The molecule has 0 fully saturated rings. The van der Waals surface area contributed by atoms with Crippen molar-refractivity contribution < 1.29 is 4.74 Å². The highest BCUT2D eigenvalue weighted by Crippen LogP contribution is 2.31. The zero-order valence-corrected chi connectivity index (χ0v) is 10.6. The third-order valence-electron chi connectivity index (χ3n) is 2.75. The first-order valence-electron chi connectivity index (χ1n) is 5.32. The fraction of sp³-hybridized carbons (Fsp3) is 0.143. The van der Waals surface area contributed by atoms with Crippen molar-refractivity contribution in [1.82, 2.24) is 0 Å². The van der Waals surface area contributed by atoms with Gasteiger partial charge in [-0.3, -0.25) is 0 Å². The molecule has 0 aliphatic carbocycles. The first kappa shape index (κ1) is 11.8. The van der Waals surface area contributed by atoms with Crippen molar-refractivity contribution in [2.75, 3.05) is 12.8 Å². The average Bonchev–Trinajstić information content (AvgIpc) is 2.32. The van der Waals surface area contributed by atoms with Gasteiger partial charge in [-0.05, 0) is 47.9 Å². The molecule has 2 aromatic carbocycles. The van der Waals surface area contributed by atoms with Crippen molar-refractivity contribution in [2.24, 2.45) is 0 Å². The van der Waals surface area contributed by atoms with Gasteiger partial charge in [0.05, 0.1) is 12.1 Å². The predicted molar refractivity (Wildman–Crippen MR) is 72.6 cm³/mol. The quantitative estimate of drug-likeness (QED) is 0.817. The Labute approximate surface area is 106 Å². The van der Waals surface area contributed by atoms with Crippen LogP contribution in [0.5, 0.6) is 5.75 Å². The lowest BCUT2D eigenvalue weighted by molar-refractivity contribution is 0.415. The van der Waals surface area contributed by atoms with E-state index in [4.69, 9.17) is 22.1 Å². The summed E-state index contributed by atoms with van der Waals surface area (Å²) in [6, 6.07) is 11.7. The number of hydrogen-bond donors (Lipinski definition) is 1. The average molecular weight is 248 g/mol. The first-order chi connectivity index (χ1) is 8.11. The number of anilines is 1. The highest BCUT2D eigenvalue weighted by Gasteiger charge is 2.04. The van der Waals surface area contributed by atoms with Gasteiger partial charge < -0.3 is 10.5 Å². The molecule has 2 aromatic rings. The molecule has 3 heteroatoms. The van der Waals surface area contributed by atoms with Crippen LogP contribution in [0.15, 0.2) is 36.4 Å². The fourth-order valence-electron chi connectivity index (χ4n) is 1.70. The van der Waals surface area contributed by atoms with E-state index in [9.17, 15) is 0 Å². The Kier molecular flexibility index (Phi) is 3.25. The molecule has 88 valence electrons. The van der Waals surface area contributed by atoms with Gasteiger partial charge in [-0.15, -0.1) is 0 Å². The first-order valence-corrected chi connectivity index (χ1v) is 5.69. The number of hydrogen-bond acceptors (Lipinski definition) is 2. The smallest absolute Gasteiger partial charge is 0.137 e. The molecule has 0 bridgehead atoms. The molecule has 0 aliphatic heterocycles. The van der Waals surface area contributed by atoms with Crippen LogP contribution in [-0.2, 0) is 0 Å². The van der Waals surface area contributed by atoms with E-state index in [0.717, 1.165) is 22.4 Å². The van der Waals surface area contributed by atoms with Crippen LogP contribution in [0.3, 0.4) is 0 Å².